The van der Waals surface area contributed by atoms with Crippen molar-refractivity contribution in [3.63, 3.8) is 0 Å². The van der Waals surface area contributed by atoms with E-state index in [-0.39, 0.29) is 0 Å². The zero-order valence-corrected chi connectivity index (χ0v) is 37.9. The van der Waals surface area contributed by atoms with Gasteiger partial charge in [-0.05, 0) is 137 Å². The van der Waals surface area contributed by atoms with E-state index >= 15 is 0 Å². The Bertz CT molecular complexity index is 470. The Labute approximate surface area is 262 Å². The molecule has 1 heterocycles. The molecule has 0 aromatic carbocycles. The molecular formula is C20H60N10P10. The van der Waals surface area contributed by atoms with Gasteiger partial charge in [0.1, 0.15) is 0 Å². The summed E-state index contributed by atoms with van der Waals surface area (Å²) < 4.78 is 26.8. The fourth-order valence-corrected chi connectivity index (χ4v) is 31.6. The second-order valence-electron chi connectivity index (χ2n) is 9.79. The molecule has 0 amide bonds. The third kappa shape index (κ3) is 9.96. The van der Waals surface area contributed by atoms with Crippen LogP contribution in [-0.4, -0.2) is 182 Å². The first-order chi connectivity index (χ1) is 18.2. The van der Waals surface area contributed by atoms with Crippen molar-refractivity contribution < 1.29 is 0 Å². The summed E-state index contributed by atoms with van der Waals surface area (Å²) in [6, 6.07) is 0. The van der Waals surface area contributed by atoms with Crippen LogP contribution in [0, 0.1) is 0 Å². The summed E-state index contributed by atoms with van der Waals surface area (Å²) in [5, 5.41) is 0. The number of hydrogen-bond donors (Lipinski definition) is 0. The van der Waals surface area contributed by atoms with Gasteiger partial charge >= 0.3 is 0 Å². The van der Waals surface area contributed by atoms with Gasteiger partial charge in [-0.15, -0.1) is 0 Å². The van der Waals surface area contributed by atoms with Crippen LogP contribution in [0.15, 0.2) is 0 Å². The summed E-state index contributed by atoms with van der Waals surface area (Å²) in [7, 11) is 19.4. The Kier molecular flexibility index (Phi) is 19.3. The second kappa shape index (κ2) is 18.4. The summed E-state index contributed by atoms with van der Waals surface area (Å²) in [6.07, 6.45) is 0. The monoisotopic (exact) mass is 750 g/mol. The van der Waals surface area contributed by atoms with Crippen molar-refractivity contribution in [2.45, 2.75) is 0 Å². The molecule has 20 heteroatoms. The Morgan fingerprint density at radius 2 is 0.225 bits per heavy atom. The Balaban J connectivity index is 3.50. The van der Waals surface area contributed by atoms with E-state index in [9.17, 15) is 0 Å². The Hall–Kier alpha value is 3.90. The third-order valence-electron chi connectivity index (χ3n) is 8.38. The number of rotatable bonds is 0. The lowest BCUT2D eigenvalue weighted by molar-refractivity contribution is 0.668. The lowest BCUT2D eigenvalue weighted by atomic mass is 11.6. The summed E-state index contributed by atoms with van der Waals surface area (Å²) in [4.78, 5) is 0. The lowest BCUT2D eigenvalue weighted by Gasteiger charge is -2.50. The van der Waals surface area contributed by atoms with Crippen LogP contribution in [0.4, 0.5) is 0 Å². The van der Waals surface area contributed by atoms with Crippen molar-refractivity contribution in [3.8, 4) is 0 Å². The van der Waals surface area contributed by atoms with Crippen LogP contribution in [0.1, 0.15) is 0 Å². The number of nitrogens with zero attached hydrogens (tertiary/aromatic N) is 10. The molecule has 1 aliphatic heterocycles. The first-order valence-corrected chi connectivity index (χ1v) is 29.9. The smallest absolute Gasteiger partial charge is 0.0450 e. The van der Waals surface area contributed by atoms with Gasteiger partial charge < -0.3 is 0 Å². The van der Waals surface area contributed by atoms with Crippen LogP contribution in [0.5, 0.6) is 0 Å². The van der Waals surface area contributed by atoms with Crippen molar-refractivity contribution in [1.29, 1.82) is 0 Å². The number of hydrogen-bond acceptors (Lipinski definition) is 10. The van der Waals surface area contributed by atoms with E-state index in [0.29, 0.717) is 0 Å². The maximum absolute atomic E-state index is 2.68. The van der Waals surface area contributed by atoms with Crippen molar-refractivity contribution in [2.24, 2.45) is 0 Å². The molecule has 0 radical (unpaired) electrons. The third-order valence-corrected chi connectivity index (χ3v) is 40.7. The average molecular weight is 751 g/mol. The van der Waals surface area contributed by atoms with Crippen molar-refractivity contribution >= 4 is 82.2 Å². The fourth-order valence-electron chi connectivity index (χ4n) is 3.75. The van der Waals surface area contributed by atoms with Gasteiger partial charge in [-0.2, -0.15) is 0 Å². The molecule has 10 nitrogen and oxygen atoms in total. The summed E-state index contributed by atoms with van der Waals surface area (Å²) in [5.74, 6) is 0. The van der Waals surface area contributed by atoms with E-state index < -0.39 is 82.2 Å². The van der Waals surface area contributed by atoms with E-state index in [0.717, 1.165) is 0 Å². The maximum atomic E-state index is 2.68. The van der Waals surface area contributed by atoms with Gasteiger partial charge in [-0.25, -0.2) is 44.4 Å². The van der Waals surface area contributed by atoms with Gasteiger partial charge in [0.2, 0.25) is 0 Å². The molecule has 0 aliphatic carbocycles. The minimum Gasteiger partial charge on any atom is -0.238 e. The van der Waals surface area contributed by atoms with Crippen LogP contribution in [0.3, 0.4) is 0 Å². The molecule has 0 spiro atoms. The normalized spacial score (nSPS) is 42.0. The molecule has 0 unspecified atom stereocenters. The van der Waals surface area contributed by atoms with Crippen molar-refractivity contribution in [3.05, 3.63) is 0 Å². The zero-order chi connectivity index (χ0) is 31.5. The molecule has 1 rings (SSSR count). The Morgan fingerprint density at radius 3 is 0.275 bits per heavy atom. The quantitative estimate of drug-likeness (QED) is 0.224. The first-order valence-electron chi connectivity index (χ1n) is 12.9. The topological polar surface area (TPSA) is 32.4 Å². The Morgan fingerprint density at radius 1 is 0.175 bits per heavy atom. The highest BCUT2D eigenvalue weighted by Crippen LogP contribution is 2.73. The molecule has 0 saturated carbocycles. The molecule has 0 N–H and O–H groups in total. The van der Waals surface area contributed by atoms with Crippen LogP contribution in [0.25, 0.3) is 0 Å². The zero-order valence-electron chi connectivity index (χ0n) is 28.9. The van der Waals surface area contributed by atoms with Crippen LogP contribution in [-0.2, 0) is 0 Å². The molecule has 0 aromatic rings. The molecule has 1 aliphatic rings. The van der Waals surface area contributed by atoms with Crippen LogP contribution in [0.2, 0.25) is 0 Å². The molecule has 0 bridgehead atoms. The van der Waals surface area contributed by atoms with Crippen molar-refractivity contribution in [2.75, 3.05) is 137 Å². The SMILES string of the molecule is CN1P(C)N(C)P(C)N(C)P(C)N(C)P(C)N(C)P(C)N(C)P(C)N(C)P(C)N(C)P(C)N(C)P(C)N(C)P1C. The molecule has 240 valence electrons. The summed E-state index contributed by atoms with van der Waals surface area (Å²) >= 11 is 0. The minimum atomic E-state index is -0.412. The van der Waals surface area contributed by atoms with E-state index in [4.69, 9.17) is 0 Å². The fraction of sp³-hybridized carbons (Fsp3) is 1.00. The molecule has 0 aromatic heterocycles. The summed E-state index contributed by atoms with van der Waals surface area (Å²) in [5.41, 5.74) is 0. The van der Waals surface area contributed by atoms with E-state index in [1.807, 2.05) is 0 Å². The van der Waals surface area contributed by atoms with E-state index in [1.54, 1.807) is 0 Å². The lowest BCUT2D eigenvalue weighted by Crippen LogP contribution is -2.29. The van der Waals surface area contributed by atoms with Gasteiger partial charge in [0.05, 0.1) is 0 Å². The van der Waals surface area contributed by atoms with E-state index in [2.05, 4.69) is 182 Å². The first kappa shape index (κ1) is 41.9. The van der Waals surface area contributed by atoms with Gasteiger partial charge in [0, 0.05) is 82.2 Å². The molecule has 40 heavy (non-hydrogen) atoms. The highest BCUT2D eigenvalue weighted by molar-refractivity contribution is 7.83. The highest BCUT2D eigenvalue weighted by atomic mass is 31.3. The average Bonchev–Trinajstić information content (AvgIpc) is 2.96. The van der Waals surface area contributed by atoms with Gasteiger partial charge in [0.15, 0.2) is 0 Å². The second-order valence-corrected chi connectivity index (χ2v) is 34.7. The predicted octanol–water partition coefficient (Wildman–Crippen LogP) is 8.74. The van der Waals surface area contributed by atoms with E-state index in [1.165, 1.54) is 0 Å². The summed E-state index contributed by atoms with van der Waals surface area (Å²) in [6.45, 7) is 24.5. The van der Waals surface area contributed by atoms with Gasteiger partial charge in [-0.3, -0.25) is 0 Å². The largest absolute Gasteiger partial charge is 0.238 e. The van der Waals surface area contributed by atoms with Gasteiger partial charge in [0.25, 0.3) is 0 Å². The predicted molar refractivity (Wildman–Crippen MR) is 206 cm³/mol. The van der Waals surface area contributed by atoms with Gasteiger partial charge in [-0.1, -0.05) is 0 Å². The van der Waals surface area contributed by atoms with Crippen LogP contribution >= 0.6 is 82.2 Å². The maximum Gasteiger partial charge on any atom is 0.0450 e. The highest BCUT2D eigenvalue weighted by Gasteiger charge is 2.37. The standard InChI is InChI=1S/C20H60N10P10/c1-21-31(11)22(2)33(13)24(4)35(15)26(6)37(17)28(8)39(19)30(10)40(20)29(9)38(18)27(7)36(16)25(5)34(14)23(3)32(21)12/h1-20H3. The molecule has 1 saturated heterocycles. The minimum absolute atomic E-state index is 0.412. The molecule has 1 fully saturated rings. The molecule has 0 atom stereocenters. The van der Waals surface area contributed by atoms with Crippen LogP contribution < -0.4 is 0 Å². The van der Waals surface area contributed by atoms with Crippen molar-refractivity contribution in [1.82, 2.24) is 44.4 Å². The molecular weight excluding hydrogens is 690 g/mol.